The minimum Gasteiger partial charge on any atom is -0.448 e. The van der Waals surface area contributed by atoms with Gasteiger partial charge < -0.3 is 14.7 Å². The highest BCUT2D eigenvalue weighted by Crippen LogP contribution is 2.44. The number of fused-ring (bicyclic) bond motifs is 3. The molecule has 1 saturated heterocycles. The molecule has 1 amide bonds. The molecule has 0 radical (unpaired) electrons. The summed E-state index contributed by atoms with van der Waals surface area (Å²) in [5.41, 5.74) is 2.88. The van der Waals surface area contributed by atoms with E-state index >= 15 is 0 Å². The fourth-order valence-electron chi connectivity index (χ4n) is 4.23. The first-order chi connectivity index (χ1) is 13.0. The summed E-state index contributed by atoms with van der Waals surface area (Å²) in [6.07, 6.45) is -1.14. The molecule has 142 valence electrons. The summed E-state index contributed by atoms with van der Waals surface area (Å²) in [5.74, 6) is -0.0157. The highest BCUT2D eigenvalue weighted by molar-refractivity contribution is 5.79. The van der Waals surface area contributed by atoms with Gasteiger partial charge in [-0.1, -0.05) is 55.5 Å². The van der Waals surface area contributed by atoms with Gasteiger partial charge in [-0.05, 0) is 35.1 Å². The van der Waals surface area contributed by atoms with Crippen LogP contribution in [0.3, 0.4) is 0 Å². The van der Waals surface area contributed by atoms with E-state index in [9.17, 15) is 14.3 Å². The molecule has 2 aromatic carbocycles. The van der Waals surface area contributed by atoms with Crippen molar-refractivity contribution in [3.8, 4) is 11.1 Å². The van der Waals surface area contributed by atoms with Gasteiger partial charge in [-0.2, -0.15) is 0 Å². The lowest BCUT2D eigenvalue weighted by molar-refractivity contribution is -0.0667. The van der Waals surface area contributed by atoms with Crippen molar-refractivity contribution in [2.24, 2.45) is 0 Å². The Balaban J connectivity index is 1.48. The SMILES string of the molecule is CC[C@]1(F)CN(C(=O)OCC2c3ccccc3-c3ccccc32)CC[C@H]1O. The van der Waals surface area contributed by atoms with Crippen molar-refractivity contribution in [3.05, 3.63) is 59.7 Å². The van der Waals surface area contributed by atoms with Gasteiger partial charge in [-0.3, -0.25) is 0 Å². The molecule has 2 aromatic rings. The van der Waals surface area contributed by atoms with Crippen LogP contribution in [0.4, 0.5) is 9.18 Å². The number of likely N-dealkylation sites (tertiary alicyclic amines) is 1. The number of alkyl halides is 1. The molecule has 0 aromatic heterocycles. The number of carbonyl (C=O) groups is 1. The third kappa shape index (κ3) is 3.10. The fourth-order valence-corrected chi connectivity index (χ4v) is 4.23. The van der Waals surface area contributed by atoms with Gasteiger partial charge in [0.1, 0.15) is 6.61 Å². The second-order valence-electron chi connectivity index (χ2n) is 7.42. The van der Waals surface area contributed by atoms with Gasteiger partial charge >= 0.3 is 6.09 Å². The van der Waals surface area contributed by atoms with Crippen LogP contribution in [0.5, 0.6) is 0 Å². The van der Waals surface area contributed by atoms with Crippen LogP contribution in [0.2, 0.25) is 0 Å². The maximum Gasteiger partial charge on any atom is 0.409 e. The van der Waals surface area contributed by atoms with Crippen molar-refractivity contribution in [1.29, 1.82) is 0 Å². The van der Waals surface area contributed by atoms with Crippen LogP contribution in [0.25, 0.3) is 11.1 Å². The van der Waals surface area contributed by atoms with Gasteiger partial charge in [0.05, 0.1) is 12.6 Å². The Bertz CT molecular complexity index is 809. The van der Waals surface area contributed by atoms with Crippen LogP contribution >= 0.6 is 0 Å². The molecule has 4 rings (SSSR count). The highest BCUT2D eigenvalue weighted by atomic mass is 19.1. The Kier molecular flexibility index (Phi) is 4.64. The van der Waals surface area contributed by atoms with Crippen molar-refractivity contribution in [2.45, 2.75) is 37.5 Å². The first-order valence-corrected chi connectivity index (χ1v) is 9.50. The van der Waals surface area contributed by atoms with Gasteiger partial charge in [0.15, 0.2) is 5.67 Å². The molecule has 0 unspecified atom stereocenters. The Labute approximate surface area is 158 Å². The number of nitrogens with zero attached hydrogens (tertiary/aromatic N) is 1. The summed E-state index contributed by atoms with van der Waals surface area (Å²) < 4.78 is 20.3. The van der Waals surface area contributed by atoms with Crippen LogP contribution in [0.15, 0.2) is 48.5 Å². The lowest BCUT2D eigenvalue weighted by atomic mass is 9.89. The minimum atomic E-state index is -1.76. The van der Waals surface area contributed by atoms with E-state index in [0.29, 0.717) is 6.54 Å². The van der Waals surface area contributed by atoms with Crippen molar-refractivity contribution < 1.29 is 19.0 Å². The van der Waals surface area contributed by atoms with Gasteiger partial charge in [0.25, 0.3) is 0 Å². The third-order valence-electron chi connectivity index (χ3n) is 5.91. The Morgan fingerprint density at radius 2 is 1.78 bits per heavy atom. The Morgan fingerprint density at radius 1 is 1.19 bits per heavy atom. The zero-order chi connectivity index (χ0) is 19.0. The Morgan fingerprint density at radius 3 is 2.37 bits per heavy atom. The number of rotatable bonds is 3. The van der Waals surface area contributed by atoms with Crippen LogP contribution in [0.1, 0.15) is 36.8 Å². The zero-order valence-electron chi connectivity index (χ0n) is 15.4. The molecule has 0 bridgehead atoms. The number of ether oxygens (including phenoxy) is 1. The number of hydrogen-bond acceptors (Lipinski definition) is 3. The molecular formula is C22H24FNO3. The number of hydrogen-bond donors (Lipinski definition) is 1. The average molecular weight is 369 g/mol. The predicted molar refractivity (Wildman–Crippen MR) is 101 cm³/mol. The highest BCUT2D eigenvalue weighted by Gasteiger charge is 2.43. The summed E-state index contributed by atoms with van der Waals surface area (Å²) in [7, 11) is 0. The number of piperidine rings is 1. The normalized spacial score (nSPS) is 24.4. The van der Waals surface area contributed by atoms with Crippen LogP contribution in [-0.4, -0.2) is 47.6 Å². The second-order valence-corrected chi connectivity index (χ2v) is 7.42. The number of amides is 1. The molecule has 1 aliphatic heterocycles. The van der Waals surface area contributed by atoms with Crippen LogP contribution < -0.4 is 0 Å². The third-order valence-corrected chi connectivity index (χ3v) is 5.91. The monoisotopic (exact) mass is 369 g/mol. The van der Waals surface area contributed by atoms with Gasteiger partial charge in [0, 0.05) is 12.5 Å². The summed E-state index contributed by atoms with van der Waals surface area (Å²) >= 11 is 0. The lowest BCUT2D eigenvalue weighted by Gasteiger charge is -2.39. The van der Waals surface area contributed by atoms with E-state index in [4.69, 9.17) is 4.74 Å². The first-order valence-electron chi connectivity index (χ1n) is 9.50. The van der Waals surface area contributed by atoms with E-state index < -0.39 is 17.9 Å². The van der Waals surface area contributed by atoms with Crippen molar-refractivity contribution in [2.75, 3.05) is 19.7 Å². The molecule has 1 fully saturated rings. The summed E-state index contributed by atoms with van der Waals surface area (Å²) in [5, 5.41) is 9.89. The minimum absolute atomic E-state index is 0.0157. The molecule has 0 spiro atoms. The molecule has 27 heavy (non-hydrogen) atoms. The van der Waals surface area contributed by atoms with E-state index in [0.717, 1.165) is 11.1 Å². The van der Waals surface area contributed by atoms with Gasteiger partial charge in [0.2, 0.25) is 0 Å². The van der Waals surface area contributed by atoms with Gasteiger partial charge in [-0.25, -0.2) is 9.18 Å². The number of halogens is 1. The second kappa shape index (κ2) is 6.97. The quantitative estimate of drug-likeness (QED) is 0.885. The lowest BCUT2D eigenvalue weighted by Crippen LogP contribution is -2.55. The maximum absolute atomic E-state index is 14.7. The molecule has 2 aliphatic rings. The molecule has 5 heteroatoms. The van der Waals surface area contributed by atoms with Gasteiger partial charge in [-0.15, -0.1) is 0 Å². The standard InChI is InChI=1S/C22H24FNO3/c1-2-22(23)14-24(12-11-20(22)25)21(26)27-13-19-17-9-5-3-7-15(17)16-8-4-6-10-18(16)19/h3-10,19-20,25H,2,11-14H2,1H3/t20-,22+/m1/s1. The van der Waals surface area contributed by atoms with E-state index in [1.54, 1.807) is 6.92 Å². The van der Waals surface area contributed by atoms with Crippen LogP contribution in [-0.2, 0) is 4.74 Å². The number of aliphatic hydroxyl groups is 1. The summed E-state index contributed by atoms with van der Waals surface area (Å²) in [6, 6.07) is 16.3. The topological polar surface area (TPSA) is 49.8 Å². The predicted octanol–water partition coefficient (Wildman–Crippen LogP) is 4.12. The first kappa shape index (κ1) is 18.0. The number of aliphatic hydroxyl groups excluding tert-OH is 1. The number of benzene rings is 2. The molecule has 4 nitrogen and oxygen atoms in total. The van der Waals surface area contributed by atoms with E-state index in [-0.39, 0.29) is 31.9 Å². The summed E-state index contributed by atoms with van der Waals surface area (Å²) in [4.78, 5) is 13.9. The Hall–Kier alpha value is -2.40. The largest absolute Gasteiger partial charge is 0.448 e. The van der Waals surface area contributed by atoms with E-state index in [1.807, 2.05) is 24.3 Å². The van der Waals surface area contributed by atoms with E-state index in [2.05, 4.69) is 24.3 Å². The molecule has 2 atom stereocenters. The molecular weight excluding hydrogens is 345 g/mol. The van der Waals surface area contributed by atoms with Crippen molar-refractivity contribution >= 4 is 6.09 Å². The van der Waals surface area contributed by atoms with E-state index in [1.165, 1.54) is 16.0 Å². The fraction of sp³-hybridized carbons (Fsp3) is 0.409. The average Bonchev–Trinajstić information content (AvgIpc) is 3.02. The van der Waals surface area contributed by atoms with Crippen LogP contribution in [0, 0.1) is 0 Å². The maximum atomic E-state index is 14.7. The zero-order valence-corrected chi connectivity index (χ0v) is 15.4. The molecule has 1 aliphatic carbocycles. The smallest absolute Gasteiger partial charge is 0.409 e. The molecule has 1 N–H and O–H groups in total. The molecule has 0 saturated carbocycles. The van der Waals surface area contributed by atoms with Crippen molar-refractivity contribution in [1.82, 2.24) is 4.90 Å². The van der Waals surface area contributed by atoms with Crippen molar-refractivity contribution in [3.63, 3.8) is 0 Å². The number of carbonyl (C=O) groups excluding carboxylic acids is 1. The summed E-state index contributed by atoms with van der Waals surface area (Å²) in [6.45, 7) is 2.09. The molecule has 1 heterocycles.